The molecule has 1 aromatic carbocycles. The van der Waals surface area contributed by atoms with E-state index >= 15 is 0 Å². The van der Waals surface area contributed by atoms with Crippen molar-refractivity contribution in [3.05, 3.63) is 34.9 Å². The van der Waals surface area contributed by atoms with Gasteiger partial charge in [0, 0.05) is 25.2 Å². The first kappa shape index (κ1) is 23.9. The van der Waals surface area contributed by atoms with E-state index in [0.717, 1.165) is 0 Å². The van der Waals surface area contributed by atoms with E-state index in [1.807, 2.05) is 13.8 Å². The van der Waals surface area contributed by atoms with Gasteiger partial charge in [0.05, 0.1) is 19.3 Å². The van der Waals surface area contributed by atoms with E-state index in [1.54, 1.807) is 29.2 Å². The topological polar surface area (TPSA) is 104 Å². The van der Waals surface area contributed by atoms with Crippen molar-refractivity contribution in [3.63, 3.8) is 0 Å². The van der Waals surface area contributed by atoms with Crippen molar-refractivity contribution in [1.82, 2.24) is 15.5 Å². The van der Waals surface area contributed by atoms with Gasteiger partial charge in [0.1, 0.15) is 18.2 Å². The first-order valence-electron chi connectivity index (χ1n) is 9.97. The fraction of sp³-hybridized carbons (Fsp3) is 0.571. The lowest BCUT2D eigenvalue weighted by atomic mass is 10.0. The van der Waals surface area contributed by atoms with Gasteiger partial charge in [-0.1, -0.05) is 37.6 Å². The smallest absolute Gasteiger partial charge is 0.318 e. The largest absolute Gasteiger partial charge is 0.378 e. The van der Waals surface area contributed by atoms with Crippen molar-refractivity contribution in [3.8, 4) is 6.07 Å². The van der Waals surface area contributed by atoms with Crippen molar-refractivity contribution in [2.24, 2.45) is 5.92 Å². The van der Waals surface area contributed by atoms with E-state index < -0.39 is 24.1 Å². The number of hydrogen-bond acceptors (Lipinski definition) is 5. The van der Waals surface area contributed by atoms with E-state index in [-0.39, 0.29) is 11.9 Å². The second kappa shape index (κ2) is 11.7. The summed E-state index contributed by atoms with van der Waals surface area (Å²) in [5, 5.41) is 15.8. The molecule has 2 rings (SSSR count). The van der Waals surface area contributed by atoms with E-state index in [1.165, 1.54) is 7.11 Å². The third-order valence-corrected chi connectivity index (χ3v) is 5.06. The molecule has 1 saturated heterocycles. The molecule has 1 aliphatic rings. The molecule has 1 aromatic rings. The van der Waals surface area contributed by atoms with E-state index in [9.17, 15) is 14.9 Å². The molecule has 0 aromatic heterocycles. The number of carbonyl (C=O) groups excluding carboxylic acids is 2. The molecule has 30 heavy (non-hydrogen) atoms. The number of benzene rings is 1. The van der Waals surface area contributed by atoms with Gasteiger partial charge in [0.2, 0.25) is 5.91 Å². The number of hydrogen-bond donors (Lipinski definition) is 2. The number of urea groups is 1. The number of morpholine rings is 1. The number of ether oxygens (including phenoxy) is 2. The summed E-state index contributed by atoms with van der Waals surface area (Å²) < 4.78 is 10.7. The van der Waals surface area contributed by atoms with E-state index in [0.29, 0.717) is 43.3 Å². The Morgan fingerprint density at radius 2 is 1.87 bits per heavy atom. The molecular formula is C21H29ClN4O4. The van der Waals surface area contributed by atoms with Gasteiger partial charge in [-0.2, -0.15) is 5.26 Å². The van der Waals surface area contributed by atoms with Gasteiger partial charge in [-0.3, -0.25) is 4.79 Å². The summed E-state index contributed by atoms with van der Waals surface area (Å²) in [7, 11) is 1.47. The highest BCUT2D eigenvalue weighted by Crippen LogP contribution is 2.22. The van der Waals surface area contributed by atoms with Crippen LogP contribution in [0.2, 0.25) is 5.02 Å². The van der Waals surface area contributed by atoms with Gasteiger partial charge in [0.15, 0.2) is 0 Å². The SMILES string of the molecule is CO[C@H](c1ccc(Cl)cc1)C(C#N)NC(=O)[C@H](CC(C)C)NC(=O)N1CCOCC1. The third-order valence-electron chi connectivity index (χ3n) is 4.81. The van der Waals surface area contributed by atoms with Crippen LogP contribution in [0.3, 0.4) is 0 Å². The molecule has 3 amide bonds. The predicted octanol–water partition coefficient (Wildman–Crippen LogP) is 2.49. The summed E-state index contributed by atoms with van der Waals surface area (Å²) in [6.07, 6.45) is -0.232. The molecule has 0 spiro atoms. The molecule has 2 N–H and O–H groups in total. The van der Waals surface area contributed by atoms with Crippen molar-refractivity contribution < 1.29 is 19.1 Å². The number of methoxy groups -OCH3 is 1. The molecule has 3 atom stereocenters. The molecule has 164 valence electrons. The first-order valence-corrected chi connectivity index (χ1v) is 10.3. The van der Waals surface area contributed by atoms with Gasteiger partial charge in [-0.15, -0.1) is 0 Å². The zero-order valence-electron chi connectivity index (χ0n) is 17.6. The van der Waals surface area contributed by atoms with Crippen LogP contribution in [0.15, 0.2) is 24.3 Å². The van der Waals surface area contributed by atoms with E-state index in [4.69, 9.17) is 21.1 Å². The Morgan fingerprint density at radius 3 is 2.40 bits per heavy atom. The van der Waals surface area contributed by atoms with Gasteiger partial charge < -0.3 is 25.0 Å². The van der Waals surface area contributed by atoms with Gasteiger partial charge >= 0.3 is 6.03 Å². The van der Waals surface area contributed by atoms with Crippen LogP contribution < -0.4 is 10.6 Å². The van der Waals surface area contributed by atoms with E-state index in [2.05, 4.69) is 16.7 Å². The fourth-order valence-electron chi connectivity index (χ4n) is 3.26. The van der Waals surface area contributed by atoms with Crippen LogP contribution in [0.4, 0.5) is 4.79 Å². The third kappa shape index (κ3) is 6.87. The maximum absolute atomic E-state index is 13.0. The fourth-order valence-corrected chi connectivity index (χ4v) is 3.38. The van der Waals surface area contributed by atoms with Crippen LogP contribution >= 0.6 is 11.6 Å². The second-order valence-electron chi connectivity index (χ2n) is 7.55. The van der Waals surface area contributed by atoms with Crippen LogP contribution in [0.25, 0.3) is 0 Å². The van der Waals surface area contributed by atoms with Crippen LogP contribution in [0.1, 0.15) is 31.9 Å². The Kier molecular flexibility index (Phi) is 9.37. The highest BCUT2D eigenvalue weighted by Gasteiger charge is 2.30. The average Bonchev–Trinajstić information content (AvgIpc) is 2.74. The molecule has 1 unspecified atom stereocenters. The van der Waals surface area contributed by atoms with Crippen molar-refractivity contribution in [2.45, 2.75) is 38.5 Å². The number of nitrogens with one attached hydrogen (secondary N) is 2. The van der Waals surface area contributed by atoms with Gasteiger partial charge in [-0.05, 0) is 30.0 Å². The highest BCUT2D eigenvalue weighted by atomic mass is 35.5. The quantitative estimate of drug-likeness (QED) is 0.651. The highest BCUT2D eigenvalue weighted by molar-refractivity contribution is 6.30. The molecule has 9 heteroatoms. The Labute approximate surface area is 182 Å². The lowest BCUT2D eigenvalue weighted by Crippen LogP contribution is -2.55. The minimum atomic E-state index is -0.932. The Hall–Kier alpha value is -2.34. The molecule has 1 aliphatic heterocycles. The summed E-state index contributed by atoms with van der Waals surface area (Å²) >= 11 is 5.93. The Morgan fingerprint density at radius 1 is 1.23 bits per heavy atom. The zero-order chi connectivity index (χ0) is 22.1. The molecule has 1 heterocycles. The summed E-state index contributed by atoms with van der Waals surface area (Å²) in [6, 6.07) is 6.98. The van der Waals surface area contributed by atoms with Crippen molar-refractivity contribution in [2.75, 3.05) is 33.4 Å². The van der Waals surface area contributed by atoms with Gasteiger partial charge in [0.25, 0.3) is 0 Å². The van der Waals surface area contributed by atoms with Crippen molar-refractivity contribution in [1.29, 1.82) is 5.26 Å². The molecule has 0 saturated carbocycles. The number of halogens is 1. The zero-order valence-corrected chi connectivity index (χ0v) is 18.3. The van der Waals surface area contributed by atoms with Crippen molar-refractivity contribution >= 4 is 23.5 Å². The number of rotatable bonds is 8. The number of amides is 3. The number of carbonyl (C=O) groups is 2. The standard InChI is InChI=1S/C21H29ClN4O4/c1-14(2)12-17(25-21(28)26-8-10-30-11-9-26)20(27)24-18(13-23)19(29-3)15-4-6-16(22)7-5-15/h4-7,14,17-19H,8-12H2,1-3H3,(H,24,27)(H,25,28)/t17-,18?,19+/m0/s1. The first-order chi connectivity index (χ1) is 14.3. The molecule has 0 bridgehead atoms. The molecule has 0 radical (unpaired) electrons. The molecular weight excluding hydrogens is 408 g/mol. The lowest BCUT2D eigenvalue weighted by molar-refractivity contribution is -0.124. The van der Waals surface area contributed by atoms with Crippen LogP contribution in [0, 0.1) is 17.2 Å². The Balaban J connectivity index is 2.10. The maximum Gasteiger partial charge on any atom is 0.318 e. The summed E-state index contributed by atoms with van der Waals surface area (Å²) in [5.74, 6) is -0.256. The van der Waals surface area contributed by atoms with Crippen LogP contribution in [0.5, 0.6) is 0 Å². The number of nitriles is 1. The molecule has 1 fully saturated rings. The van der Waals surface area contributed by atoms with Gasteiger partial charge in [-0.25, -0.2) is 4.79 Å². The summed E-state index contributed by atoms with van der Waals surface area (Å²) in [4.78, 5) is 27.2. The van der Waals surface area contributed by atoms with Crippen LogP contribution in [-0.4, -0.2) is 62.3 Å². The second-order valence-corrected chi connectivity index (χ2v) is 7.99. The minimum absolute atomic E-state index is 0.167. The summed E-state index contributed by atoms with van der Waals surface area (Å²) in [6.45, 7) is 5.84. The molecule has 0 aliphatic carbocycles. The average molecular weight is 437 g/mol. The lowest BCUT2D eigenvalue weighted by Gasteiger charge is -2.30. The predicted molar refractivity (Wildman–Crippen MR) is 113 cm³/mol. The van der Waals surface area contributed by atoms with Crippen LogP contribution in [-0.2, 0) is 14.3 Å². The monoisotopic (exact) mass is 436 g/mol. The molecule has 8 nitrogen and oxygen atoms in total. The minimum Gasteiger partial charge on any atom is -0.378 e. The Bertz CT molecular complexity index is 744. The maximum atomic E-state index is 13.0. The normalized spacial score (nSPS) is 17.0. The number of nitrogens with zero attached hydrogens (tertiary/aromatic N) is 2. The summed E-state index contributed by atoms with van der Waals surface area (Å²) in [5.41, 5.74) is 0.714.